The van der Waals surface area contributed by atoms with E-state index < -0.39 is 10.0 Å². The molecule has 0 unspecified atom stereocenters. The molecule has 0 heterocycles. The van der Waals surface area contributed by atoms with Crippen molar-refractivity contribution in [3.8, 4) is 5.75 Å². The molecule has 0 spiro atoms. The molecule has 21 heavy (non-hydrogen) atoms. The van der Waals surface area contributed by atoms with Gasteiger partial charge >= 0.3 is 0 Å². The SMILES string of the molecule is COc1ccccc1S(=O)(=O)Nc1cccc(C(C)C)c1. The molecule has 0 bridgehead atoms. The van der Waals surface area contributed by atoms with Crippen LogP contribution >= 0.6 is 0 Å². The van der Waals surface area contributed by atoms with E-state index in [0.717, 1.165) is 5.56 Å². The van der Waals surface area contributed by atoms with Gasteiger partial charge in [0.1, 0.15) is 10.6 Å². The van der Waals surface area contributed by atoms with Crippen LogP contribution in [0.5, 0.6) is 5.75 Å². The molecular weight excluding hydrogens is 286 g/mol. The van der Waals surface area contributed by atoms with Crippen LogP contribution in [0.1, 0.15) is 25.3 Å². The first-order valence-electron chi connectivity index (χ1n) is 6.70. The second-order valence-electron chi connectivity index (χ2n) is 5.04. The lowest BCUT2D eigenvalue weighted by Gasteiger charge is -2.13. The predicted octanol–water partition coefficient (Wildman–Crippen LogP) is 3.62. The molecule has 5 heteroatoms. The number of anilines is 1. The van der Waals surface area contributed by atoms with Crippen molar-refractivity contribution in [1.29, 1.82) is 0 Å². The fourth-order valence-electron chi connectivity index (χ4n) is 2.01. The molecule has 0 aliphatic carbocycles. The number of para-hydroxylation sites is 1. The Morgan fingerprint density at radius 1 is 1.05 bits per heavy atom. The number of rotatable bonds is 5. The van der Waals surface area contributed by atoms with Crippen molar-refractivity contribution in [1.82, 2.24) is 0 Å². The summed E-state index contributed by atoms with van der Waals surface area (Å²) in [5, 5.41) is 0. The lowest BCUT2D eigenvalue weighted by atomic mass is 10.0. The van der Waals surface area contributed by atoms with Gasteiger partial charge in [0.15, 0.2) is 0 Å². The van der Waals surface area contributed by atoms with Gasteiger partial charge in [-0.1, -0.05) is 38.1 Å². The van der Waals surface area contributed by atoms with Crippen LogP contribution in [0.15, 0.2) is 53.4 Å². The van der Waals surface area contributed by atoms with Crippen LogP contribution in [0.3, 0.4) is 0 Å². The summed E-state index contributed by atoms with van der Waals surface area (Å²) in [7, 11) is -2.22. The summed E-state index contributed by atoms with van der Waals surface area (Å²) in [6, 6.07) is 13.9. The highest BCUT2D eigenvalue weighted by molar-refractivity contribution is 7.92. The number of hydrogen-bond acceptors (Lipinski definition) is 3. The Bertz CT molecular complexity index is 724. The van der Waals surface area contributed by atoms with Crippen LogP contribution in [0.2, 0.25) is 0 Å². The highest BCUT2D eigenvalue weighted by atomic mass is 32.2. The minimum Gasteiger partial charge on any atom is -0.495 e. The number of ether oxygens (including phenoxy) is 1. The number of benzene rings is 2. The summed E-state index contributed by atoms with van der Waals surface area (Å²) < 4.78 is 32.7. The quantitative estimate of drug-likeness (QED) is 0.918. The molecule has 0 aliphatic heterocycles. The van der Waals surface area contributed by atoms with Crippen LogP contribution in [-0.2, 0) is 10.0 Å². The summed E-state index contributed by atoms with van der Waals surface area (Å²) in [4.78, 5) is 0.127. The molecule has 0 atom stereocenters. The second-order valence-corrected chi connectivity index (χ2v) is 6.69. The monoisotopic (exact) mass is 305 g/mol. The number of nitrogens with one attached hydrogen (secondary N) is 1. The van der Waals surface area contributed by atoms with Gasteiger partial charge in [-0.05, 0) is 35.7 Å². The van der Waals surface area contributed by atoms with Gasteiger partial charge < -0.3 is 4.74 Å². The average molecular weight is 305 g/mol. The van der Waals surface area contributed by atoms with Crippen molar-refractivity contribution in [3.05, 3.63) is 54.1 Å². The van der Waals surface area contributed by atoms with Gasteiger partial charge in [-0.25, -0.2) is 8.42 Å². The normalized spacial score (nSPS) is 11.4. The van der Waals surface area contributed by atoms with Gasteiger partial charge in [0.05, 0.1) is 7.11 Å². The molecule has 112 valence electrons. The van der Waals surface area contributed by atoms with E-state index >= 15 is 0 Å². The fraction of sp³-hybridized carbons (Fsp3) is 0.250. The highest BCUT2D eigenvalue weighted by Gasteiger charge is 2.19. The van der Waals surface area contributed by atoms with E-state index in [2.05, 4.69) is 18.6 Å². The third-order valence-corrected chi connectivity index (χ3v) is 4.58. The molecule has 0 saturated heterocycles. The van der Waals surface area contributed by atoms with Gasteiger partial charge in [0.25, 0.3) is 10.0 Å². The minimum absolute atomic E-state index is 0.127. The Kier molecular flexibility index (Phi) is 4.53. The van der Waals surface area contributed by atoms with E-state index in [0.29, 0.717) is 17.4 Å². The molecule has 4 nitrogen and oxygen atoms in total. The molecule has 2 aromatic rings. The third kappa shape index (κ3) is 3.55. The molecule has 0 fully saturated rings. The Balaban J connectivity index is 2.35. The lowest BCUT2D eigenvalue weighted by molar-refractivity contribution is 0.403. The van der Waals surface area contributed by atoms with Crippen LogP contribution < -0.4 is 9.46 Å². The summed E-state index contributed by atoms with van der Waals surface area (Å²) in [6.45, 7) is 4.13. The zero-order valence-electron chi connectivity index (χ0n) is 12.3. The third-order valence-electron chi connectivity index (χ3n) is 3.16. The predicted molar refractivity (Wildman–Crippen MR) is 84.3 cm³/mol. The molecule has 0 aromatic heterocycles. The van der Waals surface area contributed by atoms with Crippen molar-refractivity contribution >= 4 is 15.7 Å². The summed E-state index contributed by atoms with van der Waals surface area (Å²) in [5.74, 6) is 0.658. The molecule has 0 amide bonds. The molecule has 0 saturated carbocycles. The van der Waals surface area contributed by atoms with Crippen LogP contribution in [0, 0.1) is 0 Å². The van der Waals surface area contributed by atoms with E-state index in [4.69, 9.17) is 4.74 Å². The van der Waals surface area contributed by atoms with Crippen molar-refractivity contribution in [2.75, 3.05) is 11.8 Å². The van der Waals surface area contributed by atoms with Crippen molar-refractivity contribution in [2.45, 2.75) is 24.7 Å². The maximum atomic E-state index is 12.5. The summed E-state index contributed by atoms with van der Waals surface area (Å²) >= 11 is 0. The van der Waals surface area contributed by atoms with Crippen LogP contribution in [0.25, 0.3) is 0 Å². The molecule has 0 aliphatic rings. The molecule has 1 N–H and O–H groups in total. The first-order valence-corrected chi connectivity index (χ1v) is 8.18. The Labute approximate surface area is 125 Å². The number of hydrogen-bond donors (Lipinski definition) is 1. The number of sulfonamides is 1. The van der Waals surface area contributed by atoms with Gasteiger partial charge in [0.2, 0.25) is 0 Å². The molecule has 0 radical (unpaired) electrons. The van der Waals surface area contributed by atoms with Gasteiger partial charge in [0, 0.05) is 5.69 Å². The zero-order chi connectivity index (χ0) is 15.5. The van der Waals surface area contributed by atoms with Crippen LogP contribution in [-0.4, -0.2) is 15.5 Å². The van der Waals surface area contributed by atoms with E-state index in [1.165, 1.54) is 13.2 Å². The number of methoxy groups -OCH3 is 1. The first kappa shape index (κ1) is 15.4. The molecule has 2 rings (SSSR count). The minimum atomic E-state index is -3.67. The highest BCUT2D eigenvalue weighted by Crippen LogP contribution is 2.26. The Hall–Kier alpha value is -2.01. The zero-order valence-corrected chi connectivity index (χ0v) is 13.1. The van der Waals surface area contributed by atoms with Gasteiger partial charge in [-0.3, -0.25) is 4.72 Å². The van der Waals surface area contributed by atoms with Crippen molar-refractivity contribution < 1.29 is 13.2 Å². The second kappa shape index (κ2) is 6.18. The Morgan fingerprint density at radius 3 is 2.43 bits per heavy atom. The van der Waals surface area contributed by atoms with E-state index in [9.17, 15) is 8.42 Å². The van der Waals surface area contributed by atoms with Gasteiger partial charge in [-0.2, -0.15) is 0 Å². The smallest absolute Gasteiger partial charge is 0.265 e. The Morgan fingerprint density at radius 2 is 1.76 bits per heavy atom. The molecular formula is C16H19NO3S. The standard InChI is InChI=1S/C16H19NO3S/c1-12(2)13-7-6-8-14(11-13)17-21(18,19)16-10-5-4-9-15(16)20-3/h4-12,17H,1-3H3. The molecule has 2 aromatic carbocycles. The van der Waals surface area contributed by atoms with E-state index in [-0.39, 0.29) is 4.90 Å². The summed E-state index contributed by atoms with van der Waals surface area (Å²) in [5.41, 5.74) is 1.63. The maximum absolute atomic E-state index is 12.5. The van der Waals surface area contributed by atoms with Gasteiger partial charge in [-0.15, -0.1) is 0 Å². The maximum Gasteiger partial charge on any atom is 0.265 e. The van der Waals surface area contributed by atoms with Crippen molar-refractivity contribution in [3.63, 3.8) is 0 Å². The average Bonchev–Trinajstić information content (AvgIpc) is 2.47. The summed E-state index contributed by atoms with van der Waals surface area (Å²) in [6.07, 6.45) is 0. The first-order chi connectivity index (χ1) is 9.94. The topological polar surface area (TPSA) is 55.4 Å². The largest absolute Gasteiger partial charge is 0.495 e. The van der Waals surface area contributed by atoms with E-state index in [1.807, 2.05) is 18.2 Å². The van der Waals surface area contributed by atoms with E-state index in [1.54, 1.807) is 24.3 Å². The van der Waals surface area contributed by atoms with Crippen LogP contribution in [0.4, 0.5) is 5.69 Å². The fourth-order valence-corrected chi connectivity index (χ4v) is 3.23. The van der Waals surface area contributed by atoms with Crippen molar-refractivity contribution in [2.24, 2.45) is 0 Å². The lowest BCUT2D eigenvalue weighted by Crippen LogP contribution is -2.14.